The number of hydrogen-bond acceptors (Lipinski definition) is 2. The molecule has 0 aliphatic carbocycles. The van der Waals surface area contributed by atoms with Crippen molar-refractivity contribution in [2.24, 2.45) is 0 Å². The predicted octanol–water partition coefficient (Wildman–Crippen LogP) is 4.22. The predicted molar refractivity (Wildman–Crippen MR) is 90.4 cm³/mol. The Morgan fingerprint density at radius 2 is 1.76 bits per heavy atom. The summed E-state index contributed by atoms with van der Waals surface area (Å²) in [7, 11) is 0. The summed E-state index contributed by atoms with van der Waals surface area (Å²) in [5, 5.41) is 2.82. The molecule has 2 rings (SSSR count). The second-order valence-corrected chi connectivity index (χ2v) is 6.32. The Hall–Kier alpha value is -1.33. The monoisotopic (exact) mass is 411 g/mol. The summed E-state index contributed by atoms with van der Waals surface area (Å²) in [6.45, 7) is 2.47. The molecule has 0 radical (unpaired) electrons. The maximum Gasteiger partial charge on any atom is 0.258 e. The van der Waals surface area contributed by atoms with Crippen molar-refractivity contribution < 1.29 is 9.53 Å². The van der Waals surface area contributed by atoms with Crippen LogP contribution >= 0.6 is 31.9 Å². The van der Waals surface area contributed by atoms with Crippen molar-refractivity contribution in [3.63, 3.8) is 0 Å². The fourth-order valence-corrected chi connectivity index (χ4v) is 3.45. The van der Waals surface area contributed by atoms with Gasteiger partial charge in [-0.05, 0) is 62.0 Å². The van der Waals surface area contributed by atoms with Crippen LogP contribution in [0.2, 0.25) is 0 Å². The number of carbonyl (C=O) groups excluding carboxylic acids is 1. The van der Waals surface area contributed by atoms with Gasteiger partial charge >= 0.3 is 0 Å². The number of nitrogens with one attached hydrogen (secondary N) is 1. The van der Waals surface area contributed by atoms with E-state index in [2.05, 4.69) is 37.2 Å². The van der Waals surface area contributed by atoms with Crippen LogP contribution in [0.25, 0.3) is 0 Å². The van der Waals surface area contributed by atoms with Crippen LogP contribution < -0.4 is 10.1 Å². The second kappa shape index (κ2) is 7.61. The van der Waals surface area contributed by atoms with Gasteiger partial charge in [0, 0.05) is 6.54 Å². The molecule has 0 aromatic heterocycles. The highest BCUT2D eigenvalue weighted by Crippen LogP contribution is 2.34. The van der Waals surface area contributed by atoms with Gasteiger partial charge in [0.25, 0.3) is 5.91 Å². The van der Waals surface area contributed by atoms with Crippen LogP contribution in [0.15, 0.2) is 51.4 Å². The van der Waals surface area contributed by atoms with E-state index in [0.717, 1.165) is 20.1 Å². The summed E-state index contributed by atoms with van der Waals surface area (Å²) >= 11 is 6.87. The molecule has 0 heterocycles. The van der Waals surface area contributed by atoms with Crippen LogP contribution in [0, 0.1) is 6.92 Å². The molecule has 0 aliphatic rings. The highest BCUT2D eigenvalue weighted by Gasteiger charge is 2.10. The smallest absolute Gasteiger partial charge is 0.258 e. The summed E-state index contributed by atoms with van der Waals surface area (Å²) in [6, 6.07) is 13.7. The first-order valence-corrected chi connectivity index (χ1v) is 8.04. The molecule has 0 bridgehead atoms. The third kappa shape index (κ3) is 4.86. The van der Waals surface area contributed by atoms with E-state index in [0.29, 0.717) is 12.3 Å². The molecule has 1 amide bonds. The van der Waals surface area contributed by atoms with Crippen LogP contribution in [0.5, 0.6) is 5.75 Å². The van der Waals surface area contributed by atoms with E-state index in [1.807, 2.05) is 49.4 Å². The first-order valence-electron chi connectivity index (χ1n) is 6.45. The third-order valence-electron chi connectivity index (χ3n) is 2.82. The van der Waals surface area contributed by atoms with Crippen molar-refractivity contribution in [3.8, 4) is 5.75 Å². The Kier molecular flexibility index (Phi) is 5.82. The van der Waals surface area contributed by atoms with Gasteiger partial charge in [0.15, 0.2) is 6.61 Å². The van der Waals surface area contributed by atoms with Gasteiger partial charge in [-0.2, -0.15) is 0 Å². The maximum atomic E-state index is 11.8. The number of rotatable bonds is 5. The fourth-order valence-electron chi connectivity index (χ4n) is 1.81. The summed E-state index contributed by atoms with van der Waals surface area (Å²) in [5.74, 6) is 0.480. The van der Waals surface area contributed by atoms with Gasteiger partial charge in [0.05, 0.1) is 8.95 Å². The van der Waals surface area contributed by atoms with Gasteiger partial charge in [-0.1, -0.05) is 30.3 Å². The normalized spacial score (nSPS) is 10.2. The van der Waals surface area contributed by atoms with Crippen molar-refractivity contribution in [3.05, 3.63) is 62.5 Å². The maximum absolute atomic E-state index is 11.8. The van der Waals surface area contributed by atoms with Crippen molar-refractivity contribution in [2.45, 2.75) is 13.5 Å². The van der Waals surface area contributed by atoms with Crippen molar-refractivity contribution >= 4 is 37.8 Å². The Labute approximate surface area is 141 Å². The van der Waals surface area contributed by atoms with E-state index in [1.165, 1.54) is 0 Å². The average Bonchev–Trinajstić information content (AvgIpc) is 2.45. The Morgan fingerprint density at radius 3 is 2.38 bits per heavy atom. The van der Waals surface area contributed by atoms with Gasteiger partial charge in [0.1, 0.15) is 5.75 Å². The molecule has 0 spiro atoms. The van der Waals surface area contributed by atoms with Crippen molar-refractivity contribution in [1.29, 1.82) is 0 Å². The minimum Gasteiger partial charge on any atom is -0.481 e. The molecule has 0 unspecified atom stereocenters. The lowest BCUT2D eigenvalue weighted by molar-refractivity contribution is -0.123. The van der Waals surface area contributed by atoms with E-state index in [1.54, 1.807) is 0 Å². The molecule has 0 atom stereocenters. The molecular formula is C16H15Br2NO2. The number of hydrogen-bond donors (Lipinski definition) is 1. The first kappa shape index (κ1) is 16.0. The topological polar surface area (TPSA) is 38.3 Å². The highest BCUT2D eigenvalue weighted by atomic mass is 79.9. The number of carbonyl (C=O) groups is 1. The molecule has 21 heavy (non-hydrogen) atoms. The van der Waals surface area contributed by atoms with Crippen LogP contribution in [-0.4, -0.2) is 12.5 Å². The molecule has 3 nitrogen and oxygen atoms in total. The van der Waals surface area contributed by atoms with E-state index in [9.17, 15) is 4.79 Å². The zero-order valence-corrected chi connectivity index (χ0v) is 14.7. The van der Waals surface area contributed by atoms with E-state index in [4.69, 9.17) is 4.74 Å². The molecular weight excluding hydrogens is 398 g/mol. The van der Waals surface area contributed by atoms with E-state index in [-0.39, 0.29) is 12.5 Å². The fraction of sp³-hybridized carbons (Fsp3) is 0.188. The average molecular weight is 413 g/mol. The number of amides is 1. The molecule has 0 fully saturated rings. The molecule has 0 saturated carbocycles. The molecule has 5 heteroatoms. The quantitative estimate of drug-likeness (QED) is 0.798. The molecule has 0 saturated heterocycles. The van der Waals surface area contributed by atoms with Crippen molar-refractivity contribution in [1.82, 2.24) is 5.32 Å². The lowest BCUT2D eigenvalue weighted by Gasteiger charge is -2.11. The molecule has 0 aliphatic heterocycles. The minimum absolute atomic E-state index is 0.0207. The van der Waals surface area contributed by atoms with Gasteiger partial charge in [-0.3, -0.25) is 4.79 Å². The van der Waals surface area contributed by atoms with E-state index < -0.39 is 0 Å². The summed E-state index contributed by atoms with van der Waals surface area (Å²) < 4.78 is 7.22. The molecule has 1 N–H and O–H groups in total. The third-order valence-corrected chi connectivity index (χ3v) is 4.00. The number of aryl methyl sites for hydroxylation is 1. The molecule has 110 valence electrons. The van der Waals surface area contributed by atoms with Gasteiger partial charge in [-0.25, -0.2) is 0 Å². The van der Waals surface area contributed by atoms with Gasteiger partial charge in [-0.15, -0.1) is 0 Å². The highest BCUT2D eigenvalue weighted by molar-refractivity contribution is 9.11. The van der Waals surface area contributed by atoms with Crippen LogP contribution in [0.3, 0.4) is 0 Å². The lowest BCUT2D eigenvalue weighted by Crippen LogP contribution is -2.28. The number of ether oxygens (including phenoxy) is 1. The number of benzene rings is 2. The lowest BCUT2D eigenvalue weighted by atomic mass is 10.2. The van der Waals surface area contributed by atoms with Crippen LogP contribution in [0.4, 0.5) is 0 Å². The Morgan fingerprint density at radius 1 is 1.14 bits per heavy atom. The van der Waals surface area contributed by atoms with Crippen molar-refractivity contribution in [2.75, 3.05) is 6.61 Å². The molecule has 2 aromatic carbocycles. The summed E-state index contributed by atoms with van der Waals surface area (Å²) in [6.07, 6.45) is 0. The summed E-state index contributed by atoms with van der Waals surface area (Å²) in [4.78, 5) is 11.8. The first-order chi connectivity index (χ1) is 10.1. The van der Waals surface area contributed by atoms with Crippen LogP contribution in [-0.2, 0) is 11.3 Å². The Balaban J connectivity index is 1.87. The Bertz CT molecular complexity index is 606. The largest absolute Gasteiger partial charge is 0.481 e. The van der Waals surface area contributed by atoms with Gasteiger partial charge in [0.2, 0.25) is 0 Å². The van der Waals surface area contributed by atoms with E-state index >= 15 is 0 Å². The van der Waals surface area contributed by atoms with Crippen LogP contribution in [0.1, 0.15) is 11.1 Å². The SMILES string of the molecule is Cc1cc(Br)c(OCC(=O)NCc2ccccc2)c(Br)c1. The molecule has 2 aromatic rings. The number of halogens is 2. The summed E-state index contributed by atoms with van der Waals surface area (Å²) in [5.41, 5.74) is 2.16. The minimum atomic E-state index is -0.154. The zero-order chi connectivity index (χ0) is 15.2. The standard InChI is InChI=1S/C16H15Br2NO2/c1-11-7-13(17)16(14(18)8-11)21-10-15(20)19-9-12-5-3-2-4-6-12/h2-8H,9-10H2,1H3,(H,19,20). The van der Waals surface area contributed by atoms with Gasteiger partial charge < -0.3 is 10.1 Å². The second-order valence-electron chi connectivity index (χ2n) is 4.61. The zero-order valence-electron chi connectivity index (χ0n) is 11.5.